The number of aliphatic hydroxyl groups excluding tert-OH is 1. The number of carboxylic acids is 1. The summed E-state index contributed by atoms with van der Waals surface area (Å²) in [6, 6.07) is 0. The van der Waals surface area contributed by atoms with Crippen LogP contribution in [0.1, 0.15) is 25.7 Å². The maximum absolute atomic E-state index is 11.4. The molecule has 3 atom stereocenters. The normalized spacial score (nSPS) is 35.2. The van der Waals surface area contributed by atoms with E-state index in [-0.39, 0.29) is 6.61 Å². The summed E-state index contributed by atoms with van der Waals surface area (Å²) in [6.07, 6.45) is 2.23. The Morgan fingerprint density at radius 2 is 2.06 bits per heavy atom. The van der Waals surface area contributed by atoms with Crippen LogP contribution in [0.3, 0.4) is 0 Å². The highest BCUT2D eigenvalue weighted by atomic mass is 16.5. The van der Waals surface area contributed by atoms with E-state index in [0.29, 0.717) is 31.5 Å². The Balaban J connectivity index is 1.77. The lowest BCUT2D eigenvalue weighted by Gasteiger charge is -2.28. The summed E-state index contributed by atoms with van der Waals surface area (Å²) in [5, 5.41) is 19.3. The molecule has 0 aromatic rings. The molecule has 2 saturated carbocycles. The second-order valence-electron chi connectivity index (χ2n) is 5.68. The van der Waals surface area contributed by atoms with Crippen LogP contribution in [0.4, 0.5) is 0 Å². The molecule has 18 heavy (non-hydrogen) atoms. The molecule has 2 aliphatic rings. The topological polar surface area (TPSA) is 76.0 Å². The number of fused-ring (bicyclic) bond motifs is 1. The van der Waals surface area contributed by atoms with Gasteiger partial charge in [-0.05, 0) is 37.5 Å². The largest absolute Gasteiger partial charge is 0.481 e. The third-order valence-corrected chi connectivity index (χ3v) is 4.20. The van der Waals surface area contributed by atoms with Gasteiger partial charge in [-0.15, -0.1) is 0 Å². The maximum atomic E-state index is 11.4. The zero-order valence-corrected chi connectivity index (χ0v) is 10.8. The van der Waals surface area contributed by atoms with Crippen LogP contribution in [-0.2, 0) is 14.3 Å². The van der Waals surface area contributed by atoms with Crippen LogP contribution in [0, 0.1) is 17.3 Å². The predicted octanol–water partition coefficient (Wildman–Crippen LogP) is 0.901. The van der Waals surface area contributed by atoms with Crippen molar-refractivity contribution >= 4 is 5.97 Å². The molecule has 104 valence electrons. The van der Waals surface area contributed by atoms with Crippen LogP contribution in [-0.4, -0.2) is 49.2 Å². The van der Waals surface area contributed by atoms with Gasteiger partial charge in [-0.2, -0.15) is 0 Å². The molecule has 0 bridgehead atoms. The number of hydrogen-bond donors (Lipinski definition) is 2. The molecule has 2 fully saturated rings. The molecule has 5 heteroatoms. The molecular formula is C13H22O5. The quantitative estimate of drug-likeness (QED) is 0.633. The van der Waals surface area contributed by atoms with E-state index in [4.69, 9.17) is 9.47 Å². The number of aliphatic carboxylic acids is 1. The highest BCUT2D eigenvalue weighted by Crippen LogP contribution is 2.61. The summed E-state index contributed by atoms with van der Waals surface area (Å²) in [7, 11) is 1.59. The summed E-state index contributed by atoms with van der Waals surface area (Å²) < 4.78 is 10.1. The van der Waals surface area contributed by atoms with Crippen molar-refractivity contribution in [2.75, 3.05) is 26.9 Å². The van der Waals surface area contributed by atoms with Gasteiger partial charge in [0.15, 0.2) is 0 Å². The van der Waals surface area contributed by atoms with E-state index in [0.717, 1.165) is 12.8 Å². The number of carbonyl (C=O) groups is 1. The Morgan fingerprint density at radius 3 is 2.61 bits per heavy atom. The number of carboxylic acid groups (broad SMARTS) is 1. The number of ether oxygens (including phenoxy) is 2. The number of rotatable bonds is 8. The van der Waals surface area contributed by atoms with Crippen molar-refractivity contribution in [3.63, 3.8) is 0 Å². The van der Waals surface area contributed by atoms with Gasteiger partial charge in [0.05, 0.1) is 31.3 Å². The summed E-state index contributed by atoms with van der Waals surface area (Å²) in [5.74, 6) is 0.413. The van der Waals surface area contributed by atoms with Crippen molar-refractivity contribution in [3.05, 3.63) is 0 Å². The Hall–Kier alpha value is -0.650. The maximum Gasteiger partial charge on any atom is 0.309 e. The van der Waals surface area contributed by atoms with Crippen molar-refractivity contribution in [1.29, 1.82) is 0 Å². The second kappa shape index (κ2) is 5.55. The van der Waals surface area contributed by atoms with Gasteiger partial charge in [0.25, 0.3) is 0 Å². The van der Waals surface area contributed by atoms with Crippen LogP contribution >= 0.6 is 0 Å². The summed E-state index contributed by atoms with van der Waals surface area (Å²) >= 11 is 0. The highest BCUT2D eigenvalue weighted by Gasteiger charge is 2.57. The van der Waals surface area contributed by atoms with Gasteiger partial charge < -0.3 is 19.7 Å². The van der Waals surface area contributed by atoms with Gasteiger partial charge in [-0.25, -0.2) is 0 Å². The van der Waals surface area contributed by atoms with Crippen LogP contribution in [0.15, 0.2) is 0 Å². The van der Waals surface area contributed by atoms with E-state index >= 15 is 0 Å². The van der Waals surface area contributed by atoms with Crippen molar-refractivity contribution in [3.8, 4) is 0 Å². The number of hydrogen-bond acceptors (Lipinski definition) is 4. The molecule has 2 rings (SSSR count). The SMILES string of the molecule is COCCOCC(O)CC1(C(=O)O)CC2CC2C1. The van der Waals surface area contributed by atoms with Gasteiger partial charge >= 0.3 is 5.97 Å². The smallest absolute Gasteiger partial charge is 0.309 e. The van der Waals surface area contributed by atoms with Crippen LogP contribution in [0.25, 0.3) is 0 Å². The molecule has 2 N–H and O–H groups in total. The van der Waals surface area contributed by atoms with Crippen molar-refractivity contribution in [1.82, 2.24) is 0 Å². The van der Waals surface area contributed by atoms with Crippen molar-refractivity contribution in [2.24, 2.45) is 17.3 Å². The summed E-state index contributed by atoms with van der Waals surface area (Å²) in [5.41, 5.74) is -0.711. The average molecular weight is 258 g/mol. The van der Waals surface area contributed by atoms with Gasteiger partial charge in [0.2, 0.25) is 0 Å². The minimum atomic E-state index is -0.759. The molecule has 0 amide bonds. The Labute approximate surface area is 107 Å². The predicted molar refractivity (Wildman–Crippen MR) is 64.2 cm³/mol. The minimum Gasteiger partial charge on any atom is -0.481 e. The van der Waals surface area contributed by atoms with E-state index < -0.39 is 17.5 Å². The number of aliphatic hydroxyl groups is 1. The Bertz CT molecular complexity index is 294. The molecule has 0 aromatic heterocycles. The van der Waals surface area contributed by atoms with E-state index in [1.807, 2.05) is 0 Å². The molecule has 0 radical (unpaired) electrons. The first-order chi connectivity index (χ1) is 8.57. The molecule has 0 saturated heterocycles. The third kappa shape index (κ3) is 3.02. The number of methoxy groups -OCH3 is 1. The second-order valence-corrected chi connectivity index (χ2v) is 5.68. The first kappa shape index (κ1) is 13.8. The van der Waals surface area contributed by atoms with Crippen LogP contribution in [0.2, 0.25) is 0 Å². The molecule has 3 unspecified atom stereocenters. The van der Waals surface area contributed by atoms with E-state index in [9.17, 15) is 15.0 Å². The van der Waals surface area contributed by atoms with Gasteiger partial charge in [-0.1, -0.05) is 0 Å². The summed E-state index contributed by atoms with van der Waals surface area (Å²) in [4.78, 5) is 11.4. The first-order valence-corrected chi connectivity index (χ1v) is 6.55. The monoisotopic (exact) mass is 258 g/mol. The average Bonchev–Trinajstić information content (AvgIpc) is 2.93. The standard InChI is InChI=1S/C13H22O5/c1-17-2-3-18-8-11(14)7-13(12(15)16)5-9-4-10(9)6-13/h9-11,14H,2-8H2,1H3,(H,15,16). The third-order valence-electron chi connectivity index (χ3n) is 4.20. The highest BCUT2D eigenvalue weighted by molar-refractivity contribution is 5.75. The van der Waals surface area contributed by atoms with Gasteiger partial charge in [0, 0.05) is 7.11 Å². The Morgan fingerprint density at radius 1 is 1.39 bits per heavy atom. The zero-order valence-electron chi connectivity index (χ0n) is 10.8. The summed E-state index contributed by atoms with van der Waals surface area (Å²) in [6.45, 7) is 1.10. The Kier molecular flexibility index (Phi) is 4.25. The molecule has 0 aliphatic heterocycles. The molecule has 0 heterocycles. The fourth-order valence-electron chi connectivity index (χ4n) is 3.20. The van der Waals surface area contributed by atoms with Gasteiger partial charge in [0.1, 0.15) is 0 Å². The molecule has 0 aromatic carbocycles. The van der Waals surface area contributed by atoms with E-state index in [1.54, 1.807) is 7.11 Å². The van der Waals surface area contributed by atoms with E-state index in [1.165, 1.54) is 6.42 Å². The minimum absolute atomic E-state index is 0.188. The lowest BCUT2D eigenvalue weighted by Crippen LogP contribution is -2.35. The molecule has 2 aliphatic carbocycles. The lowest BCUT2D eigenvalue weighted by atomic mass is 9.78. The van der Waals surface area contributed by atoms with Crippen LogP contribution < -0.4 is 0 Å². The fraction of sp³-hybridized carbons (Fsp3) is 0.923. The molecular weight excluding hydrogens is 236 g/mol. The lowest BCUT2D eigenvalue weighted by molar-refractivity contribution is -0.152. The van der Waals surface area contributed by atoms with Crippen molar-refractivity contribution < 1.29 is 24.5 Å². The van der Waals surface area contributed by atoms with Gasteiger partial charge in [-0.3, -0.25) is 4.79 Å². The zero-order chi connectivity index (χ0) is 13.2. The van der Waals surface area contributed by atoms with E-state index in [2.05, 4.69) is 0 Å². The van der Waals surface area contributed by atoms with Crippen molar-refractivity contribution in [2.45, 2.75) is 31.8 Å². The first-order valence-electron chi connectivity index (χ1n) is 6.55. The van der Waals surface area contributed by atoms with Crippen LogP contribution in [0.5, 0.6) is 0 Å². The molecule has 0 spiro atoms. The molecule has 5 nitrogen and oxygen atoms in total. The fourth-order valence-corrected chi connectivity index (χ4v) is 3.20.